The molecule has 0 radical (unpaired) electrons. The molecular weight excluding hydrogens is 150 g/mol. The van der Waals surface area contributed by atoms with Gasteiger partial charge in [0.2, 0.25) is 0 Å². The minimum Gasteiger partial charge on any atom is -0.507 e. The van der Waals surface area contributed by atoms with Crippen LogP contribution in [0.3, 0.4) is 0 Å². The topological polar surface area (TPSA) is 24.7 Å². The first kappa shape index (κ1) is 7.62. The molecule has 1 heterocycles. The monoisotopic (exact) mass is 164 g/mol. The van der Waals surface area contributed by atoms with Crippen LogP contribution in [0.4, 0.5) is 0 Å². The number of rotatable bonds is 0. The first-order chi connectivity index (χ1) is 5.77. The van der Waals surface area contributed by atoms with Crippen LogP contribution in [0.5, 0.6) is 5.75 Å². The number of likely N-dealkylation sites (N-methyl/N-ethyl adjacent to an activating group) is 1. The third-order valence-electron chi connectivity index (χ3n) is 2.55. The second-order valence-electron chi connectivity index (χ2n) is 3.55. The second kappa shape index (κ2) is 2.79. The van der Waals surface area contributed by atoms with Gasteiger partial charge in [-0.1, -0.05) is 12.1 Å². The van der Waals surface area contributed by atoms with E-state index in [0.29, 0.717) is 5.75 Å². The van der Waals surface area contributed by atoms with Crippen LogP contribution >= 0.6 is 0 Å². The maximum absolute atomic E-state index is 9.56. The highest BCUT2D eigenvalue weighted by Crippen LogP contribution is 2.21. The molecule has 0 aliphatic carbocycles. The van der Waals surface area contributed by atoms with Gasteiger partial charge in [0, 0.05) is 6.42 Å². The van der Waals surface area contributed by atoms with Crippen molar-refractivity contribution in [3.8, 4) is 5.75 Å². The van der Waals surface area contributed by atoms with Gasteiger partial charge in [-0.25, -0.2) is 0 Å². The summed E-state index contributed by atoms with van der Waals surface area (Å²) in [6.45, 7) is 2.14. The lowest BCUT2D eigenvalue weighted by molar-refractivity contribution is -0.895. The van der Waals surface area contributed by atoms with Gasteiger partial charge in [0.05, 0.1) is 19.2 Å². The van der Waals surface area contributed by atoms with E-state index >= 15 is 0 Å². The average molecular weight is 164 g/mol. The molecule has 1 atom stereocenters. The van der Waals surface area contributed by atoms with E-state index in [-0.39, 0.29) is 0 Å². The van der Waals surface area contributed by atoms with Crippen molar-refractivity contribution in [2.45, 2.75) is 13.0 Å². The highest BCUT2D eigenvalue weighted by molar-refractivity contribution is 5.39. The second-order valence-corrected chi connectivity index (χ2v) is 3.55. The molecule has 2 N–H and O–H groups in total. The van der Waals surface area contributed by atoms with Gasteiger partial charge in [-0.05, 0) is 11.6 Å². The summed E-state index contributed by atoms with van der Waals surface area (Å²) in [7, 11) is 2.16. The van der Waals surface area contributed by atoms with E-state index in [1.54, 1.807) is 6.07 Å². The molecule has 2 heteroatoms. The number of benzene rings is 1. The zero-order valence-electron chi connectivity index (χ0n) is 7.30. The average Bonchev–Trinajstić information content (AvgIpc) is 2.07. The van der Waals surface area contributed by atoms with Gasteiger partial charge < -0.3 is 10.0 Å². The summed E-state index contributed by atoms with van der Waals surface area (Å²) in [4.78, 5) is 1.48. The Hall–Kier alpha value is -1.02. The lowest BCUT2D eigenvalue weighted by atomic mass is 9.99. The smallest absolute Gasteiger partial charge is 0.124 e. The highest BCUT2D eigenvalue weighted by atomic mass is 16.3. The van der Waals surface area contributed by atoms with Crippen LogP contribution in [0, 0.1) is 0 Å². The summed E-state index contributed by atoms with van der Waals surface area (Å²) in [5.41, 5.74) is 2.46. The van der Waals surface area contributed by atoms with Gasteiger partial charge in [0.25, 0.3) is 0 Å². The van der Waals surface area contributed by atoms with Crippen molar-refractivity contribution in [2.75, 3.05) is 13.6 Å². The van der Waals surface area contributed by atoms with Crippen molar-refractivity contribution in [1.82, 2.24) is 0 Å². The quantitative estimate of drug-likeness (QED) is 0.552. The summed E-state index contributed by atoms with van der Waals surface area (Å²) < 4.78 is 0. The highest BCUT2D eigenvalue weighted by Gasteiger charge is 2.18. The number of phenols is 1. The van der Waals surface area contributed by atoms with Crippen LogP contribution < -0.4 is 4.90 Å². The fourth-order valence-corrected chi connectivity index (χ4v) is 1.80. The molecule has 0 aromatic heterocycles. The fraction of sp³-hybridized carbons (Fsp3) is 0.400. The Balaban J connectivity index is 2.43. The number of hydrogen-bond donors (Lipinski definition) is 2. The van der Waals surface area contributed by atoms with Crippen LogP contribution in [0.25, 0.3) is 0 Å². The van der Waals surface area contributed by atoms with Gasteiger partial charge in [0.15, 0.2) is 0 Å². The van der Waals surface area contributed by atoms with Crippen molar-refractivity contribution in [1.29, 1.82) is 0 Å². The Morgan fingerprint density at radius 2 is 2.25 bits per heavy atom. The summed E-state index contributed by atoms with van der Waals surface area (Å²) >= 11 is 0. The SMILES string of the molecule is C[NH+]1CCc2cccc(O)c2C1. The number of aromatic hydroxyl groups is 1. The molecule has 12 heavy (non-hydrogen) atoms. The van der Waals surface area contributed by atoms with Crippen molar-refractivity contribution in [3.63, 3.8) is 0 Å². The Labute approximate surface area is 72.4 Å². The Bertz CT molecular complexity index is 296. The van der Waals surface area contributed by atoms with Crippen molar-refractivity contribution in [2.24, 2.45) is 0 Å². The molecule has 0 fully saturated rings. The van der Waals surface area contributed by atoms with Crippen LogP contribution in [-0.4, -0.2) is 18.7 Å². The molecule has 0 saturated carbocycles. The minimum atomic E-state index is 0.464. The standard InChI is InChI=1S/C10H13NO/c1-11-6-5-8-3-2-4-10(12)9(8)7-11/h2-4,12H,5-7H2,1H3/p+1. The first-order valence-electron chi connectivity index (χ1n) is 4.38. The van der Waals surface area contributed by atoms with Crippen molar-refractivity contribution >= 4 is 0 Å². The van der Waals surface area contributed by atoms with Gasteiger partial charge in [0.1, 0.15) is 12.3 Å². The number of fused-ring (bicyclic) bond motifs is 1. The largest absolute Gasteiger partial charge is 0.507 e. The van der Waals surface area contributed by atoms with E-state index in [4.69, 9.17) is 0 Å². The summed E-state index contributed by atoms with van der Waals surface area (Å²) in [5, 5.41) is 9.56. The molecular formula is C10H14NO+. The van der Waals surface area contributed by atoms with Crippen LogP contribution in [-0.2, 0) is 13.0 Å². The number of phenolic OH excluding ortho intramolecular Hbond substituents is 1. The molecule has 0 spiro atoms. The molecule has 64 valence electrons. The molecule has 1 aliphatic heterocycles. The lowest BCUT2D eigenvalue weighted by Crippen LogP contribution is -3.08. The maximum atomic E-state index is 9.56. The van der Waals surface area contributed by atoms with Crippen LogP contribution in [0.2, 0.25) is 0 Å². The number of hydrogen-bond acceptors (Lipinski definition) is 1. The Morgan fingerprint density at radius 3 is 3.08 bits per heavy atom. The van der Waals surface area contributed by atoms with Gasteiger partial charge >= 0.3 is 0 Å². The minimum absolute atomic E-state index is 0.464. The zero-order valence-corrected chi connectivity index (χ0v) is 7.30. The predicted octanol–water partition coefficient (Wildman–Crippen LogP) is -0.0370. The van der Waals surface area contributed by atoms with Gasteiger partial charge in [-0.3, -0.25) is 0 Å². The molecule has 0 saturated heterocycles. The number of quaternary nitrogens is 1. The molecule has 2 nitrogen and oxygen atoms in total. The van der Waals surface area contributed by atoms with E-state index in [1.807, 2.05) is 6.07 Å². The van der Waals surface area contributed by atoms with E-state index in [2.05, 4.69) is 13.1 Å². The molecule has 1 aromatic carbocycles. The normalized spacial score (nSPS) is 21.9. The molecule has 0 amide bonds. The van der Waals surface area contributed by atoms with E-state index in [9.17, 15) is 5.11 Å². The summed E-state index contributed by atoms with van der Waals surface area (Å²) in [6.07, 6.45) is 1.09. The van der Waals surface area contributed by atoms with Crippen molar-refractivity contribution < 1.29 is 10.0 Å². The zero-order chi connectivity index (χ0) is 8.55. The maximum Gasteiger partial charge on any atom is 0.124 e. The Kier molecular flexibility index (Phi) is 1.77. The van der Waals surface area contributed by atoms with Gasteiger partial charge in [-0.2, -0.15) is 0 Å². The van der Waals surface area contributed by atoms with Crippen LogP contribution in [0.15, 0.2) is 18.2 Å². The van der Waals surface area contributed by atoms with Gasteiger partial charge in [-0.15, -0.1) is 0 Å². The fourth-order valence-electron chi connectivity index (χ4n) is 1.80. The van der Waals surface area contributed by atoms with E-state index < -0.39 is 0 Å². The van der Waals surface area contributed by atoms with Crippen LogP contribution in [0.1, 0.15) is 11.1 Å². The Morgan fingerprint density at radius 1 is 1.42 bits per heavy atom. The third kappa shape index (κ3) is 1.18. The van der Waals surface area contributed by atoms with Crippen molar-refractivity contribution in [3.05, 3.63) is 29.3 Å². The third-order valence-corrected chi connectivity index (χ3v) is 2.55. The van der Waals surface area contributed by atoms with E-state index in [1.165, 1.54) is 17.0 Å². The molecule has 0 bridgehead atoms. The summed E-state index contributed by atoms with van der Waals surface area (Å²) in [6, 6.07) is 5.81. The summed E-state index contributed by atoms with van der Waals surface area (Å²) in [5.74, 6) is 0.464. The predicted molar refractivity (Wildman–Crippen MR) is 47.3 cm³/mol. The number of nitrogens with one attached hydrogen (secondary N) is 1. The van der Waals surface area contributed by atoms with E-state index in [0.717, 1.165) is 18.5 Å². The molecule has 1 unspecified atom stereocenters. The molecule has 2 rings (SSSR count). The molecule has 1 aromatic rings. The molecule has 1 aliphatic rings. The lowest BCUT2D eigenvalue weighted by Gasteiger charge is -2.22. The first-order valence-corrected chi connectivity index (χ1v) is 4.38.